The van der Waals surface area contributed by atoms with Gasteiger partial charge in [0, 0.05) is 44.9 Å². The van der Waals surface area contributed by atoms with E-state index < -0.39 is 4.92 Å². The van der Waals surface area contributed by atoms with Crippen LogP contribution in [0.1, 0.15) is 6.92 Å². The molecule has 0 aromatic heterocycles. The van der Waals surface area contributed by atoms with Gasteiger partial charge in [-0.05, 0) is 12.1 Å². The molecule has 1 aliphatic heterocycles. The van der Waals surface area contributed by atoms with Crippen molar-refractivity contribution in [2.24, 2.45) is 0 Å². The first-order valence-electron chi connectivity index (χ1n) is 6.64. The van der Waals surface area contributed by atoms with E-state index in [1.807, 2.05) is 0 Å². The lowest BCUT2D eigenvalue weighted by molar-refractivity contribution is -0.384. The normalized spacial score (nSPS) is 14.6. The molecule has 0 bridgehead atoms. The van der Waals surface area contributed by atoms with Gasteiger partial charge in [-0.1, -0.05) is 11.6 Å². The summed E-state index contributed by atoms with van der Waals surface area (Å²) in [7, 11) is 0. The summed E-state index contributed by atoms with van der Waals surface area (Å²) in [6, 6.07) is 3.72. The predicted octanol–water partition coefficient (Wildman–Crippen LogP) is 1.94. The van der Waals surface area contributed by atoms with Gasteiger partial charge in [0.15, 0.2) is 0 Å². The zero-order chi connectivity index (χ0) is 16.3. The standard InChI is InChI=1S/C13H15ClN4O4/c1-9(19)16-4-6-17(7-5-16)13(20)15-10-2-3-11(14)12(8-10)18(21)22/h2-3,8H,4-7H2,1H3,(H,15,20). The van der Waals surface area contributed by atoms with Gasteiger partial charge < -0.3 is 15.1 Å². The van der Waals surface area contributed by atoms with Crippen LogP contribution < -0.4 is 5.32 Å². The SMILES string of the molecule is CC(=O)N1CCN(C(=O)Nc2ccc(Cl)c([N+](=O)[O-])c2)CC1. The summed E-state index contributed by atoms with van der Waals surface area (Å²) < 4.78 is 0. The smallest absolute Gasteiger partial charge is 0.321 e. The minimum Gasteiger partial charge on any atom is -0.339 e. The van der Waals surface area contributed by atoms with E-state index in [1.165, 1.54) is 25.1 Å². The van der Waals surface area contributed by atoms with Crippen molar-refractivity contribution >= 4 is 34.9 Å². The number of halogens is 1. The lowest BCUT2D eigenvalue weighted by Gasteiger charge is -2.34. The van der Waals surface area contributed by atoms with Crippen LogP contribution in [0.3, 0.4) is 0 Å². The molecule has 0 radical (unpaired) electrons. The van der Waals surface area contributed by atoms with Crippen molar-refractivity contribution in [3.8, 4) is 0 Å². The molecule has 1 fully saturated rings. The van der Waals surface area contributed by atoms with Crippen LogP contribution in [-0.2, 0) is 4.79 Å². The number of anilines is 1. The first-order chi connectivity index (χ1) is 10.4. The fourth-order valence-electron chi connectivity index (χ4n) is 2.16. The highest BCUT2D eigenvalue weighted by atomic mass is 35.5. The van der Waals surface area contributed by atoms with Crippen molar-refractivity contribution < 1.29 is 14.5 Å². The second kappa shape index (κ2) is 6.61. The van der Waals surface area contributed by atoms with Gasteiger partial charge in [0.05, 0.1) is 4.92 Å². The lowest BCUT2D eigenvalue weighted by Crippen LogP contribution is -2.51. The molecule has 1 heterocycles. The fourth-order valence-corrected chi connectivity index (χ4v) is 2.34. The Kier molecular flexibility index (Phi) is 4.81. The molecule has 1 saturated heterocycles. The Balaban J connectivity index is 2.00. The number of nitrogens with zero attached hydrogens (tertiary/aromatic N) is 3. The van der Waals surface area contributed by atoms with E-state index in [1.54, 1.807) is 9.80 Å². The highest BCUT2D eigenvalue weighted by Gasteiger charge is 2.23. The Hall–Kier alpha value is -2.35. The van der Waals surface area contributed by atoms with Crippen LogP contribution in [0.4, 0.5) is 16.2 Å². The number of urea groups is 1. The number of nitro benzene ring substituents is 1. The Morgan fingerprint density at radius 3 is 2.36 bits per heavy atom. The second-order valence-corrected chi connectivity index (χ2v) is 5.25. The number of hydrogen-bond acceptors (Lipinski definition) is 4. The lowest BCUT2D eigenvalue weighted by atomic mass is 10.2. The van der Waals surface area contributed by atoms with E-state index in [0.29, 0.717) is 31.9 Å². The van der Waals surface area contributed by atoms with Crippen molar-refractivity contribution in [1.82, 2.24) is 9.80 Å². The zero-order valence-corrected chi connectivity index (χ0v) is 12.7. The molecule has 1 N–H and O–H groups in total. The minimum atomic E-state index is -0.608. The van der Waals surface area contributed by atoms with Crippen LogP contribution in [0, 0.1) is 10.1 Å². The molecule has 1 aromatic carbocycles. The first-order valence-corrected chi connectivity index (χ1v) is 7.01. The zero-order valence-electron chi connectivity index (χ0n) is 11.9. The first kappa shape index (κ1) is 16.0. The van der Waals surface area contributed by atoms with Gasteiger partial charge in [0.2, 0.25) is 5.91 Å². The molecule has 3 amide bonds. The Labute approximate surface area is 131 Å². The van der Waals surface area contributed by atoms with E-state index in [2.05, 4.69) is 5.32 Å². The number of carbonyl (C=O) groups is 2. The largest absolute Gasteiger partial charge is 0.339 e. The van der Waals surface area contributed by atoms with E-state index >= 15 is 0 Å². The van der Waals surface area contributed by atoms with Crippen molar-refractivity contribution in [2.75, 3.05) is 31.5 Å². The highest BCUT2D eigenvalue weighted by Crippen LogP contribution is 2.27. The molecule has 0 atom stereocenters. The molecule has 1 aromatic rings. The van der Waals surface area contributed by atoms with Gasteiger partial charge in [-0.15, -0.1) is 0 Å². The monoisotopic (exact) mass is 326 g/mol. The third kappa shape index (κ3) is 3.64. The summed E-state index contributed by atoms with van der Waals surface area (Å²) in [6.07, 6.45) is 0. The van der Waals surface area contributed by atoms with Crippen LogP contribution in [0.5, 0.6) is 0 Å². The molecule has 1 aliphatic rings. The van der Waals surface area contributed by atoms with Gasteiger partial charge >= 0.3 is 6.03 Å². The van der Waals surface area contributed by atoms with Gasteiger partial charge in [-0.25, -0.2) is 4.79 Å². The molecule has 118 valence electrons. The predicted molar refractivity (Wildman–Crippen MR) is 81.0 cm³/mol. The summed E-state index contributed by atoms with van der Waals surface area (Å²) in [4.78, 5) is 36.8. The summed E-state index contributed by atoms with van der Waals surface area (Å²) >= 11 is 5.72. The van der Waals surface area contributed by atoms with Crippen molar-refractivity contribution in [1.29, 1.82) is 0 Å². The van der Waals surface area contributed by atoms with E-state index in [-0.39, 0.29) is 22.6 Å². The molecule has 9 heteroatoms. The van der Waals surface area contributed by atoms with Crippen molar-refractivity contribution in [3.63, 3.8) is 0 Å². The maximum atomic E-state index is 12.1. The van der Waals surface area contributed by atoms with Crippen LogP contribution >= 0.6 is 11.6 Å². The minimum absolute atomic E-state index is 0.0121. The molecule has 0 saturated carbocycles. The van der Waals surface area contributed by atoms with Gasteiger partial charge in [0.1, 0.15) is 5.02 Å². The summed E-state index contributed by atoms with van der Waals surface area (Å²) in [5.74, 6) is -0.0200. The Bertz CT molecular complexity index is 614. The molecule has 8 nitrogen and oxygen atoms in total. The average Bonchev–Trinajstić information content (AvgIpc) is 2.49. The maximum absolute atomic E-state index is 12.1. The molecule has 0 aliphatic carbocycles. The summed E-state index contributed by atoms with van der Waals surface area (Å²) in [6.45, 7) is 3.28. The van der Waals surface area contributed by atoms with Crippen molar-refractivity contribution in [3.05, 3.63) is 33.3 Å². The van der Waals surface area contributed by atoms with Crippen molar-refractivity contribution in [2.45, 2.75) is 6.92 Å². The van der Waals surface area contributed by atoms with Gasteiger partial charge in [-0.3, -0.25) is 14.9 Å². The Morgan fingerprint density at radius 1 is 1.23 bits per heavy atom. The molecular formula is C13H15ClN4O4. The Morgan fingerprint density at radius 2 is 1.82 bits per heavy atom. The van der Waals surface area contributed by atoms with E-state index in [4.69, 9.17) is 11.6 Å². The molecule has 2 rings (SSSR count). The van der Waals surface area contributed by atoms with Crippen LogP contribution in [0.2, 0.25) is 5.02 Å². The number of piperazine rings is 1. The van der Waals surface area contributed by atoms with Crippen LogP contribution in [0.25, 0.3) is 0 Å². The third-order valence-electron chi connectivity index (χ3n) is 3.41. The van der Waals surface area contributed by atoms with E-state index in [9.17, 15) is 19.7 Å². The number of nitrogens with one attached hydrogen (secondary N) is 1. The van der Waals surface area contributed by atoms with Gasteiger partial charge in [0.25, 0.3) is 5.69 Å². The molecule has 0 unspecified atom stereocenters. The highest BCUT2D eigenvalue weighted by molar-refractivity contribution is 6.32. The van der Waals surface area contributed by atoms with E-state index in [0.717, 1.165) is 0 Å². The van der Waals surface area contributed by atoms with Gasteiger partial charge in [-0.2, -0.15) is 0 Å². The third-order valence-corrected chi connectivity index (χ3v) is 3.73. The van der Waals surface area contributed by atoms with Crippen LogP contribution in [0.15, 0.2) is 18.2 Å². The average molecular weight is 327 g/mol. The summed E-state index contributed by atoms with van der Waals surface area (Å²) in [5.41, 5.74) is 0.0379. The molecule has 0 spiro atoms. The number of hydrogen-bond donors (Lipinski definition) is 1. The number of benzene rings is 1. The fraction of sp³-hybridized carbons (Fsp3) is 0.385. The molecule has 22 heavy (non-hydrogen) atoms. The quantitative estimate of drug-likeness (QED) is 0.663. The number of nitro groups is 1. The summed E-state index contributed by atoms with van der Waals surface area (Å²) in [5, 5.41) is 13.4. The number of amides is 3. The van der Waals surface area contributed by atoms with Crippen LogP contribution in [-0.4, -0.2) is 52.8 Å². The topological polar surface area (TPSA) is 95.8 Å². The number of rotatable bonds is 2. The molecular weight excluding hydrogens is 312 g/mol. The maximum Gasteiger partial charge on any atom is 0.321 e. The second-order valence-electron chi connectivity index (χ2n) is 4.85. The number of carbonyl (C=O) groups excluding carboxylic acids is 2.